The van der Waals surface area contributed by atoms with Crippen molar-refractivity contribution in [3.05, 3.63) is 75.1 Å². The molecular formula is C25H25Cl2N5O2. The number of pyridine rings is 1. The second-order valence-electron chi connectivity index (χ2n) is 7.61. The van der Waals surface area contributed by atoms with E-state index in [2.05, 4.69) is 39.0 Å². The van der Waals surface area contributed by atoms with Crippen LogP contribution in [0.2, 0.25) is 10.0 Å². The van der Waals surface area contributed by atoms with Gasteiger partial charge < -0.3 is 19.9 Å². The Labute approximate surface area is 207 Å². The lowest BCUT2D eigenvalue weighted by atomic mass is 10.1. The van der Waals surface area contributed by atoms with Crippen LogP contribution in [-0.4, -0.2) is 46.1 Å². The van der Waals surface area contributed by atoms with Gasteiger partial charge in [0.1, 0.15) is 18.0 Å². The van der Waals surface area contributed by atoms with Crippen LogP contribution in [0.5, 0.6) is 5.75 Å². The molecule has 176 valence electrons. The van der Waals surface area contributed by atoms with E-state index in [9.17, 15) is 4.79 Å². The Kier molecular flexibility index (Phi) is 7.67. The second kappa shape index (κ2) is 10.9. The highest BCUT2D eigenvalue weighted by Gasteiger charge is 2.15. The van der Waals surface area contributed by atoms with Crippen LogP contribution in [0.3, 0.4) is 0 Å². The van der Waals surface area contributed by atoms with Crippen molar-refractivity contribution >= 4 is 45.9 Å². The van der Waals surface area contributed by atoms with Crippen molar-refractivity contribution in [2.45, 2.75) is 13.8 Å². The molecule has 0 spiro atoms. The molecule has 0 fully saturated rings. The average Bonchev–Trinajstić information content (AvgIpc) is 2.84. The van der Waals surface area contributed by atoms with Crippen molar-refractivity contribution in [3.8, 4) is 16.9 Å². The van der Waals surface area contributed by atoms with E-state index in [0.717, 1.165) is 31.1 Å². The second-order valence-corrected chi connectivity index (χ2v) is 8.42. The van der Waals surface area contributed by atoms with Crippen molar-refractivity contribution < 1.29 is 4.74 Å². The molecule has 9 heteroatoms. The third kappa shape index (κ3) is 5.33. The number of aromatic amines is 1. The number of nitrogens with zero attached hydrogens (tertiary/aromatic N) is 3. The monoisotopic (exact) mass is 497 g/mol. The van der Waals surface area contributed by atoms with Gasteiger partial charge in [0.05, 0.1) is 15.4 Å². The molecule has 0 saturated heterocycles. The number of H-pyrrole nitrogens is 1. The van der Waals surface area contributed by atoms with E-state index in [4.69, 9.17) is 27.9 Å². The zero-order valence-corrected chi connectivity index (χ0v) is 20.5. The fourth-order valence-electron chi connectivity index (χ4n) is 3.61. The van der Waals surface area contributed by atoms with Gasteiger partial charge in [0.25, 0.3) is 0 Å². The normalized spacial score (nSPS) is 11.2. The maximum atomic E-state index is 13.1. The Bertz CT molecular complexity index is 1320. The zero-order chi connectivity index (χ0) is 24.1. The highest BCUT2D eigenvalue weighted by atomic mass is 35.5. The fourth-order valence-corrected chi connectivity index (χ4v) is 4.21. The molecular weight excluding hydrogens is 473 g/mol. The minimum absolute atomic E-state index is 0.249. The predicted molar refractivity (Wildman–Crippen MR) is 139 cm³/mol. The zero-order valence-electron chi connectivity index (χ0n) is 18.9. The van der Waals surface area contributed by atoms with Crippen molar-refractivity contribution in [1.82, 2.24) is 19.9 Å². The van der Waals surface area contributed by atoms with Crippen molar-refractivity contribution in [2.24, 2.45) is 0 Å². The summed E-state index contributed by atoms with van der Waals surface area (Å²) in [5, 5.41) is 4.29. The quantitative estimate of drug-likeness (QED) is 0.306. The number of ether oxygens (including phenoxy) is 1. The summed E-state index contributed by atoms with van der Waals surface area (Å²) in [6.07, 6.45) is 3.06. The molecule has 2 aromatic carbocycles. The first-order valence-electron chi connectivity index (χ1n) is 11.0. The minimum Gasteiger partial charge on any atom is -0.492 e. The molecule has 0 aliphatic rings. The summed E-state index contributed by atoms with van der Waals surface area (Å²) in [5.41, 5.74) is 1.81. The molecule has 4 rings (SSSR count). The molecule has 0 aliphatic heterocycles. The average molecular weight is 498 g/mol. The molecule has 0 radical (unpaired) electrons. The molecule has 0 amide bonds. The summed E-state index contributed by atoms with van der Waals surface area (Å²) in [7, 11) is 0. The van der Waals surface area contributed by atoms with E-state index >= 15 is 0 Å². The maximum Gasteiger partial charge on any atom is 0.229 e. The first kappa shape index (κ1) is 24.0. The van der Waals surface area contributed by atoms with Gasteiger partial charge in [0.15, 0.2) is 5.43 Å². The van der Waals surface area contributed by atoms with Gasteiger partial charge in [0, 0.05) is 35.8 Å². The van der Waals surface area contributed by atoms with Gasteiger partial charge in [0.2, 0.25) is 5.95 Å². The maximum absolute atomic E-state index is 13.1. The van der Waals surface area contributed by atoms with Crippen LogP contribution >= 0.6 is 23.2 Å². The SMILES string of the molecule is CCN(CC)CCOc1ccc(Nc2ncc3c(=O)c(-c4c(Cl)cccc4Cl)c[nH]c3n2)cc1. The number of fused-ring (bicyclic) bond motifs is 1. The lowest BCUT2D eigenvalue weighted by Crippen LogP contribution is -2.27. The molecule has 2 heterocycles. The number of aromatic nitrogens is 3. The van der Waals surface area contributed by atoms with Gasteiger partial charge >= 0.3 is 0 Å². The van der Waals surface area contributed by atoms with Crippen LogP contribution in [0.1, 0.15) is 13.8 Å². The van der Waals surface area contributed by atoms with Crippen LogP contribution in [0.25, 0.3) is 22.2 Å². The standard InChI is InChI=1S/C25H25Cl2N5O2/c1-3-32(4-2)12-13-34-17-10-8-16(9-11-17)30-25-29-15-19-23(33)18(14-28-24(19)31-25)22-20(26)6-5-7-21(22)27/h5-11,14-15H,3-4,12-13H2,1-2H3,(H2,28,29,30,31,33). The third-order valence-corrected chi connectivity index (χ3v) is 6.17. The van der Waals surface area contributed by atoms with Gasteiger partial charge in [-0.3, -0.25) is 4.79 Å². The van der Waals surface area contributed by atoms with Gasteiger partial charge in [-0.1, -0.05) is 43.1 Å². The van der Waals surface area contributed by atoms with Gasteiger partial charge in [-0.2, -0.15) is 4.98 Å². The summed E-state index contributed by atoms with van der Waals surface area (Å²) in [4.78, 5) is 27.2. The molecule has 4 aromatic rings. The molecule has 34 heavy (non-hydrogen) atoms. The third-order valence-electron chi connectivity index (χ3n) is 5.54. The molecule has 7 nitrogen and oxygen atoms in total. The van der Waals surface area contributed by atoms with Crippen LogP contribution in [-0.2, 0) is 0 Å². The summed E-state index contributed by atoms with van der Waals surface area (Å²) in [6, 6.07) is 12.7. The van der Waals surface area contributed by atoms with E-state index in [1.54, 1.807) is 24.4 Å². The van der Waals surface area contributed by atoms with E-state index < -0.39 is 0 Å². The Morgan fingerprint density at radius 2 is 1.76 bits per heavy atom. The van der Waals surface area contributed by atoms with Crippen molar-refractivity contribution in [2.75, 3.05) is 31.6 Å². The van der Waals surface area contributed by atoms with E-state index in [-0.39, 0.29) is 5.43 Å². The number of nitrogens with one attached hydrogen (secondary N) is 2. The molecule has 0 atom stereocenters. The van der Waals surface area contributed by atoms with E-state index in [0.29, 0.717) is 44.8 Å². The molecule has 0 aliphatic carbocycles. The fraction of sp³-hybridized carbons (Fsp3) is 0.240. The van der Waals surface area contributed by atoms with E-state index in [1.807, 2.05) is 24.3 Å². The van der Waals surface area contributed by atoms with Crippen molar-refractivity contribution in [1.29, 1.82) is 0 Å². The predicted octanol–water partition coefficient (Wildman–Crippen LogP) is 5.76. The number of rotatable bonds is 9. The Balaban J connectivity index is 1.49. The minimum atomic E-state index is -0.249. The summed E-state index contributed by atoms with van der Waals surface area (Å²) in [6.45, 7) is 7.82. The largest absolute Gasteiger partial charge is 0.492 e. The number of anilines is 2. The lowest BCUT2D eigenvalue weighted by molar-refractivity contribution is 0.223. The summed E-state index contributed by atoms with van der Waals surface area (Å²) >= 11 is 12.6. The highest BCUT2D eigenvalue weighted by Crippen LogP contribution is 2.33. The number of hydrogen-bond donors (Lipinski definition) is 2. The van der Waals surface area contributed by atoms with Crippen molar-refractivity contribution in [3.63, 3.8) is 0 Å². The topological polar surface area (TPSA) is 83.1 Å². The summed E-state index contributed by atoms with van der Waals surface area (Å²) in [5.74, 6) is 1.16. The number of likely N-dealkylation sites (N-methyl/N-ethyl adjacent to an activating group) is 1. The molecule has 0 saturated carbocycles. The van der Waals surface area contributed by atoms with Crippen LogP contribution < -0.4 is 15.5 Å². The molecule has 0 bridgehead atoms. The van der Waals surface area contributed by atoms with Crippen LogP contribution in [0.4, 0.5) is 11.6 Å². The number of halogens is 2. The molecule has 0 unspecified atom stereocenters. The van der Waals surface area contributed by atoms with Crippen LogP contribution in [0, 0.1) is 0 Å². The van der Waals surface area contributed by atoms with Gasteiger partial charge in [-0.05, 0) is 49.5 Å². The Hall–Kier alpha value is -3.13. The molecule has 2 N–H and O–H groups in total. The number of hydrogen-bond acceptors (Lipinski definition) is 6. The van der Waals surface area contributed by atoms with Crippen LogP contribution in [0.15, 0.2) is 59.7 Å². The van der Waals surface area contributed by atoms with Gasteiger partial charge in [-0.25, -0.2) is 4.98 Å². The number of benzene rings is 2. The van der Waals surface area contributed by atoms with E-state index in [1.165, 1.54) is 6.20 Å². The Morgan fingerprint density at radius 1 is 1.06 bits per heavy atom. The molecule has 2 aromatic heterocycles. The lowest BCUT2D eigenvalue weighted by Gasteiger charge is -2.18. The summed E-state index contributed by atoms with van der Waals surface area (Å²) < 4.78 is 5.82. The Morgan fingerprint density at radius 3 is 2.44 bits per heavy atom. The smallest absolute Gasteiger partial charge is 0.229 e. The first-order chi connectivity index (χ1) is 16.5. The first-order valence-corrected chi connectivity index (χ1v) is 11.8. The van der Waals surface area contributed by atoms with Gasteiger partial charge in [-0.15, -0.1) is 0 Å². The highest BCUT2D eigenvalue weighted by molar-refractivity contribution is 6.39.